The van der Waals surface area contributed by atoms with Gasteiger partial charge in [0.15, 0.2) is 0 Å². The molecule has 0 atom stereocenters. The van der Waals surface area contributed by atoms with Gasteiger partial charge in [0.25, 0.3) is 5.91 Å². The van der Waals surface area contributed by atoms with Crippen molar-refractivity contribution in [3.63, 3.8) is 0 Å². The smallest absolute Gasteiger partial charge is 0.251 e. The maximum atomic E-state index is 11.8. The van der Waals surface area contributed by atoms with Crippen LogP contribution in [0.2, 0.25) is 5.02 Å². The second-order valence-corrected chi connectivity index (χ2v) is 8.72. The molecule has 21 heavy (non-hydrogen) atoms. The highest BCUT2D eigenvalue weighted by Crippen LogP contribution is 2.18. The van der Waals surface area contributed by atoms with E-state index < -0.39 is 25.8 Å². The molecule has 0 aliphatic carbocycles. The fourth-order valence-electron chi connectivity index (χ4n) is 1.50. The van der Waals surface area contributed by atoms with E-state index in [1.807, 2.05) is 0 Å². The van der Waals surface area contributed by atoms with Crippen molar-refractivity contribution in [2.24, 2.45) is 5.14 Å². The first-order chi connectivity index (χ1) is 9.49. The lowest BCUT2D eigenvalue weighted by atomic mass is 10.2. The van der Waals surface area contributed by atoms with E-state index in [4.69, 9.17) is 16.7 Å². The van der Waals surface area contributed by atoms with Crippen LogP contribution in [0.15, 0.2) is 23.1 Å². The van der Waals surface area contributed by atoms with Gasteiger partial charge in [-0.05, 0) is 24.6 Å². The lowest BCUT2D eigenvalue weighted by Crippen LogP contribution is -2.26. The summed E-state index contributed by atoms with van der Waals surface area (Å²) in [7, 11) is -7.06. The maximum absolute atomic E-state index is 11.8. The molecule has 0 saturated heterocycles. The summed E-state index contributed by atoms with van der Waals surface area (Å²) in [6, 6.07) is 3.53. The number of sulfonamides is 1. The summed E-state index contributed by atoms with van der Waals surface area (Å²) in [4.78, 5) is 11.6. The van der Waals surface area contributed by atoms with E-state index in [2.05, 4.69) is 5.32 Å². The fraction of sp³-hybridized carbons (Fsp3) is 0.364. The highest BCUT2D eigenvalue weighted by molar-refractivity contribution is 7.90. The Bertz CT molecular complexity index is 744. The van der Waals surface area contributed by atoms with Gasteiger partial charge in [0.2, 0.25) is 10.0 Å². The number of benzene rings is 1. The zero-order valence-corrected chi connectivity index (χ0v) is 13.6. The summed E-state index contributed by atoms with van der Waals surface area (Å²) in [5.41, 5.74) is 0.0332. The number of halogens is 1. The van der Waals surface area contributed by atoms with Crippen molar-refractivity contribution in [2.75, 3.05) is 18.6 Å². The molecule has 3 N–H and O–H groups in total. The first-order valence-corrected chi connectivity index (χ1v) is 9.77. The Morgan fingerprint density at radius 2 is 1.86 bits per heavy atom. The van der Waals surface area contributed by atoms with Crippen molar-refractivity contribution in [3.8, 4) is 0 Å². The van der Waals surface area contributed by atoms with Gasteiger partial charge in [0, 0.05) is 23.4 Å². The van der Waals surface area contributed by atoms with Gasteiger partial charge in [-0.2, -0.15) is 0 Å². The summed E-state index contributed by atoms with van der Waals surface area (Å²) >= 11 is 5.74. The summed E-state index contributed by atoms with van der Waals surface area (Å²) in [5, 5.41) is 7.52. The third kappa shape index (κ3) is 6.42. The third-order valence-electron chi connectivity index (χ3n) is 2.44. The molecule has 0 aliphatic heterocycles. The molecule has 0 spiro atoms. The Morgan fingerprint density at radius 3 is 2.38 bits per heavy atom. The molecule has 118 valence electrons. The molecule has 1 rings (SSSR count). The number of rotatable bonds is 6. The number of nitrogens with two attached hydrogens (primary N) is 1. The van der Waals surface area contributed by atoms with Gasteiger partial charge in [-0.15, -0.1) is 0 Å². The Kier molecular flexibility index (Phi) is 5.74. The maximum Gasteiger partial charge on any atom is 0.251 e. The number of nitrogens with one attached hydrogen (secondary N) is 1. The van der Waals surface area contributed by atoms with Crippen LogP contribution in [-0.2, 0) is 19.9 Å². The number of carbonyl (C=O) groups is 1. The van der Waals surface area contributed by atoms with E-state index in [0.29, 0.717) is 0 Å². The van der Waals surface area contributed by atoms with E-state index in [0.717, 1.165) is 18.4 Å². The summed E-state index contributed by atoms with van der Waals surface area (Å²) < 4.78 is 44.4. The normalized spacial score (nSPS) is 12.1. The SMILES string of the molecule is CS(=O)(=O)CCCNC(=O)c1cc(Cl)cc(S(N)(=O)=O)c1. The van der Waals surface area contributed by atoms with Gasteiger partial charge in [-0.3, -0.25) is 4.79 Å². The molecule has 0 fully saturated rings. The lowest BCUT2D eigenvalue weighted by Gasteiger charge is -2.07. The molecule has 0 aliphatic rings. The van der Waals surface area contributed by atoms with Crippen LogP contribution >= 0.6 is 11.6 Å². The molecule has 1 aromatic carbocycles. The number of sulfone groups is 1. The highest BCUT2D eigenvalue weighted by atomic mass is 35.5. The van der Waals surface area contributed by atoms with Gasteiger partial charge < -0.3 is 5.32 Å². The predicted molar refractivity (Wildman–Crippen MR) is 79.5 cm³/mol. The third-order valence-corrected chi connectivity index (χ3v) is 4.58. The zero-order chi connectivity index (χ0) is 16.3. The molecule has 10 heteroatoms. The number of primary sulfonamides is 1. The quantitative estimate of drug-likeness (QED) is 0.704. The fourth-order valence-corrected chi connectivity index (χ4v) is 3.05. The monoisotopic (exact) mass is 354 g/mol. The largest absolute Gasteiger partial charge is 0.352 e. The lowest BCUT2D eigenvalue weighted by molar-refractivity contribution is 0.0953. The summed E-state index contributed by atoms with van der Waals surface area (Å²) in [5.74, 6) is -0.610. The Labute approximate surface area is 128 Å². The zero-order valence-electron chi connectivity index (χ0n) is 11.2. The van der Waals surface area contributed by atoms with Crippen LogP contribution in [0.4, 0.5) is 0 Å². The van der Waals surface area contributed by atoms with Crippen molar-refractivity contribution in [2.45, 2.75) is 11.3 Å². The average Bonchev–Trinajstić information content (AvgIpc) is 2.31. The molecule has 0 heterocycles. The number of amides is 1. The molecule has 0 bridgehead atoms. The van der Waals surface area contributed by atoms with Crippen molar-refractivity contribution in [1.82, 2.24) is 5.32 Å². The van der Waals surface area contributed by atoms with Crippen molar-refractivity contribution >= 4 is 37.4 Å². The molecular weight excluding hydrogens is 340 g/mol. The molecule has 0 saturated carbocycles. The minimum absolute atomic E-state index is 0.0332. The van der Waals surface area contributed by atoms with Crippen LogP contribution in [0.3, 0.4) is 0 Å². The van der Waals surface area contributed by atoms with Gasteiger partial charge in [-0.25, -0.2) is 22.0 Å². The van der Waals surface area contributed by atoms with Crippen LogP contribution in [0.25, 0.3) is 0 Å². The van der Waals surface area contributed by atoms with Crippen LogP contribution in [-0.4, -0.2) is 41.3 Å². The van der Waals surface area contributed by atoms with E-state index in [9.17, 15) is 21.6 Å². The van der Waals surface area contributed by atoms with Gasteiger partial charge in [0.05, 0.1) is 10.6 Å². The molecular formula is C11H15ClN2O5S2. The molecule has 0 unspecified atom stereocenters. The van der Waals surface area contributed by atoms with E-state index >= 15 is 0 Å². The number of hydrogen-bond donors (Lipinski definition) is 2. The van der Waals surface area contributed by atoms with Crippen LogP contribution in [0.5, 0.6) is 0 Å². The Balaban J connectivity index is 2.77. The Morgan fingerprint density at radius 1 is 1.24 bits per heavy atom. The predicted octanol–water partition coefficient (Wildman–Crippen LogP) is 0.152. The molecule has 7 nitrogen and oxygen atoms in total. The van der Waals surface area contributed by atoms with Gasteiger partial charge in [-0.1, -0.05) is 11.6 Å². The minimum atomic E-state index is -3.97. The summed E-state index contributed by atoms with van der Waals surface area (Å²) in [6.07, 6.45) is 1.36. The molecule has 0 aromatic heterocycles. The molecule has 1 amide bonds. The van der Waals surface area contributed by atoms with E-state index in [-0.39, 0.29) is 34.2 Å². The van der Waals surface area contributed by atoms with Crippen molar-refractivity contribution in [3.05, 3.63) is 28.8 Å². The number of hydrogen-bond acceptors (Lipinski definition) is 5. The second kappa shape index (κ2) is 6.73. The highest BCUT2D eigenvalue weighted by Gasteiger charge is 2.14. The minimum Gasteiger partial charge on any atom is -0.352 e. The molecule has 1 aromatic rings. The topological polar surface area (TPSA) is 123 Å². The average molecular weight is 355 g/mol. The standard InChI is InChI=1S/C11H15ClN2O5S2/c1-20(16,17)4-2-3-14-11(15)8-5-9(12)7-10(6-8)21(13,18)19/h5-7H,2-4H2,1H3,(H,14,15)(H2,13,18,19). The van der Waals surface area contributed by atoms with Crippen molar-refractivity contribution in [1.29, 1.82) is 0 Å². The van der Waals surface area contributed by atoms with Crippen molar-refractivity contribution < 1.29 is 21.6 Å². The Hall–Kier alpha value is -1.16. The van der Waals surface area contributed by atoms with E-state index in [1.54, 1.807) is 0 Å². The van der Waals surface area contributed by atoms with Gasteiger partial charge in [0.1, 0.15) is 9.84 Å². The first-order valence-electron chi connectivity index (χ1n) is 5.78. The van der Waals surface area contributed by atoms with Crippen LogP contribution in [0.1, 0.15) is 16.8 Å². The van der Waals surface area contributed by atoms with Gasteiger partial charge >= 0.3 is 0 Å². The van der Waals surface area contributed by atoms with E-state index in [1.165, 1.54) is 6.07 Å². The first kappa shape index (κ1) is 17.9. The summed E-state index contributed by atoms with van der Waals surface area (Å²) in [6.45, 7) is 0.142. The molecule has 0 radical (unpaired) electrons. The number of carbonyl (C=O) groups excluding carboxylic acids is 1. The van der Waals surface area contributed by atoms with Crippen LogP contribution in [0, 0.1) is 0 Å². The second-order valence-electron chi connectivity index (χ2n) is 4.46. The van der Waals surface area contributed by atoms with Crippen LogP contribution < -0.4 is 10.5 Å².